The van der Waals surface area contributed by atoms with Crippen molar-refractivity contribution in [2.24, 2.45) is 0 Å². The molecular weight excluding hydrogens is 200 g/mol. The lowest BCUT2D eigenvalue weighted by molar-refractivity contribution is 0.266. The molecule has 1 aromatic carbocycles. The van der Waals surface area contributed by atoms with Crippen molar-refractivity contribution in [2.75, 3.05) is 0 Å². The first-order valence-corrected chi connectivity index (χ1v) is 8.33. The van der Waals surface area contributed by atoms with Crippen LogP contribution in [0.15, 0.2) is 42.5 Å². The molecule has 0 saturated carbocycles. The molecule has 1 nitrogen and oxygen atoms in total. The van der Waals surface area contributed by atoms with Gasteiger partial charge in [0.25, 0.3) is 0 Å². The van der Waals surface area contributed by atoms with Gasteiger partial charge in [-0.05, 0) is 32.1 Å². The molecule has 0 bridgehead atoms. The lowest BCUT2D eigenvalue weighted by atomic mass is 10.4. The second-order valence-electron chi connectivity index (χ2n) is 4.23. The van der Waals surface area contributed by atoms with Crippen molar-refractivity contribution in [3.05, 3.63) is 42.5 Å². The quantitative estimate of drug-likeness (QED) is 0.560. The maximum absolute atomic E-state index is 6.12. The number of hydrogen-bond acceptors (Lipinski definition) is 1. The molecule has 1 aromatic rings. The molecule has 0 spiro atoms. The van der Waals surface area contributed by atoms with Gasteiger partial charge in [-0.15, -0.1) is 0 Å². The van der Waals surface area contributed by atoms with Crippen molar-refractivity contribution in [3.63, 3.8) is 0 Å². The van der Waals surface area contributed by atoms with Crippen molar-refractivity contribution >= 4 is 13.5 Å². The van der Waals surface area contributed by atoms with Gasteiger partial charge in [-0.3, -0.25) is 0 Å². The van der Waals surface area contributed by atoms with Crippen LogP contribution in [0.1, 0.15) is 13.8 Å². The molecule has 0 aliphatic heterocycles. The predicted octanol–water partition coefficient (Wildman–Crippen LogP) is 3.08. The van der Waals surface area contributed by atoms with E-state index in [2.05, 4.69) is 50.4 Å². The van der Waals surface area contributed by atoms with Crippen molar-refractivity contribution in [1.29, 1.82) is 0 Å². The summed E-state index contributed by atoms with van der Waals surface area (Å²) in [4.78, 5) is 0. The molecular formula is C13H20OSi. The molecule has 0 amide bonds. The second-order valence-corrected chi connectivity index (χ2v) is 8.06. The maximum atomic E-state index is 6.12. The number of hydrogen-bond donors (Lipinski definition) is 0. The molecule has 0 aliphatic rings. The second kappa shape index (κ2) is 5.28. The Balaban J connectivity index is 2.75. The molecule has 0 N–H and O–H groups in total. The molecule has 82 valence electrons. The molecule has 0 aliphatic carbocycles. The normalized spacial score (nSPS) is 14.4. The van der Waals surface area contributed by atoms with E-state index >= 15 is 0 Å². The van der Waals surface area contributed by atoms with Crippen molar-refractivity contribution in [1.82, 2.24) is 0 Å². The van der Waals surface area contributed by atoms with Crippen LogP contribution in [0.4, 0.5) is 0 Å². The van der Waals surface area contributed by atoms with Gasteiger partial charge in [0.2, 0.25) is 8.32 Å². The smallest absolute Gasteiger partial charge is 0.218 e. The minimum absolute atomic E-state index is 0.205. The first-order chi connectivity index (χ1) is 7.06. The van der Waals surface area contributed by atoms with Crippen LogP contribution in [-0.2, 0) is 4.43 Å². The van der Waals surface area contributed by atoms with Crippen LogP contribution in [0.25, 0.3) is 0 Å². The largest absolute Gasteiger partial charge is 0.407 e. The fourth-order valence-electron chi connectivity index (χ4n) is 1.68. The Labute approximate surface area is 93.9 Å². The third-order valence-corrected chi connectivity index (χ3v) is 5.10. The van der Waals surface area contributed by atoms with Gasteiger partial charge >= 0.3 is 0 Å². The van der Waals surface area contributed by atoms with Crippen molar-refractivity contribution < 1.29 is 4.43 Å². The summed E-state index contributed by atoms with van der Waals surface area (Å²) in [5.41, 5.74) is 0. The summed E-state index contributed by atoms with van der Waals surface area (Å²) >= 11 is 0. The highest BCUT2D eigenvalue weighted by Crippen LogP contribution is 2.09. The summed E-state index contributed by atoms with van der Waals surface area (Å²) in [5, 5.41) is 1.35. The van der Waals surface area contributed by atoms with Crippen LogP contribution in [0.3, 0.4) is 0 Å². The van der Waals surface area contributed by atoms with Crippen molar-refractivity contribution in [3.8, 4) is 0 Å². The summed E-state index contributed by atoms with van der Waals surface area (Å²) in [6.07, 6.45) is 4.34. The average Bonchev–Trinajstić information content (AvgIpc) is 2.18. The van der Waals surface area contributed by atoms with Crippen LogP contribution in [0.5, 0.6) is 0 Å². The zero-order chi connectivity index (χ0) is 11.3. The zero-order valence-corrected chi connectivity index (χ0v) is 11.0. The molecule has 0 aromatic heterocycles. The SMILES string of the molecule is C/C=C\C(C)O[Si](C)(C)c1ccccc1. The number of rotatable bonds is 4. The van der Waals surface area contributed by atoms with Gasteiger partial charge in [0.05, 0.1) is 6.10 Å². The standard InChI is InChI=1S/C13H20OSi/c1-5-9-12(2)14-15(3,4)13-10-7-6-8-11-13/h5-12H,1-4H3/b9-5-. The molecule has 0 heterocycles. The Hall–Kier alpha value is -0.863. The fraction of sp³-hybridized carbons (Fsp3) is 0.385. The molecule has 1 unspecified atom stereocenters. The van der Waals surface area contributed by atoms with Crippen LogP contribution in [0, 0.1) is 0 Å². The summed E-state index contributed by atoms with van der Waals surface area (Å²) in [6, 6.07) is 10.5. The van der Waals surface area contributed by atoms with Gasteiger partial charge in [-0.2, -0.15) is 0 Å². The van der Waals surface area contributed by atoms with E-state index in [1.165, 1.54) is 5.19 Å². The van der Waals surface area contributed by atoms with Crippen LogP contribution in [0.2, 0.25) is 13.1 Å². The van der Waals surface area contributed by atoms with Gasteiger partial charge in [0.1, 0.15) is 0 Å². The van der Waals surface area contributed by atoms with Crippen LogP contribution in [-0.4, -0.2) is 14.4 Å². The lowest BCUT2D eigenvalue weighted by Gasteiger charge is -2.26. The maximum Gasteiger partial charge on any atom is 0.218 e. The first-order valence-electron chi connectivity index (χ1n) is 5.42. The molecule has 1 atom stereocenters. The number of benzene rings is 1. The van der Waals surface area contributed by atoms with Gasteiger partial charge in [-0.1, -0.05) is 42.5 Å². The zero-order valence-electron chi connectivity index (χ0n) is 10.0. The third-order valence-electron chi connectivity index (χ3n) is 2.41. The highest BCUT2D eigenvalue weighted by molar-refractivity contribution is 6.84. The highest BCUT2D eigenvalue weighted by Gasteiger charge is 2.26. The highest BCUT2D eigenvalue weighted by atomic mass is 28.4. The van der Waals surface area contributed by atoms with Gasteiger partial charge in [0, 0.05) is 0 Å². The topological polar surface area (TPSA) is 9.23 Å². The predicted molar refractivity (Wildman–Crippen MR) is 68.9 cm³/mol. The Morgan fingerprint density at radius 1 is 1.20 bits per heavy atom. The Bertz CT molecular complexity index is 317. The van der Waals surface area contributed by atoms with E-state index < -0.39 is 8.32 Å². The Morgan fingerprint density at radius 2 is 1.80 bits per heavy atom. The van der Waals surface area contributed by atoms with Gasteiger partial charge in [-0.25, -0.2) is 0 Å². The molecule has 15 heavy (non-hydrogen) atoms. The fourth-order valence-corrected chi connectivity index (χ4v) is 3.82. The van der Waals surface area contributed by atoms with E-state index in [-0.39, 0.29) is 6.10 Å². The van der Waals surface area contributed by atoms with E-state index in [4.69, 9.17) is 4.43 Å². The van der Waals surface area contributed by atoms with E-state index in [0.29, 0.717) is 0 Å². The summed E-state index contributed by atoms with van der Waals surface area (Å²) < 4.78 is 6.12. The minimum atomic E-state index is -1.73. The van der Waals surface area contributed by atoms with Gasteiger partial charge in [0.15, 0.2) is 0 Å². The van der Waals surface area contributed by atoms with Crippen LogP contribution < -0.4 is 5.19 Å². The van der Waals surface area contributed by atoms with E-state index in [1.807, 2.05) is 19.1 Å². The lowest BCUT2D eigenvalue weighted by Crippen LogP contribution is -2.46. The Morgan fingerprint density at radius 3 is 2.33 bits per heavy atom. The first kappa shape index (κ1) is 12.2. The molecule has 0 fully saturated rings. The Kier molecular flexibility index (Phi) is 4.30. The summed E-state index contributed by atoms with van der Waals surface area (Å²) in [7, 11) is -1.73. The molecule has 0 radical (unpaired) electrons. The van der Waals surface area contributed by atoms with E-state index in [1.54, 1.807) is 0 Å². The molecule has 1 rings (SSSR count). The molecule has 0 saturated heterocycles. The average molecular weight is 220 g/mol. The minimum Gasteiger partial charge on any atom is -0.407 e. The van der Waals surface area contributed by atoms with E-state index in [9.17, 15) is 0 Å². The number of allylic oxidation sites excluding steroid dienone is 1. The summed E-state index contributed by atoms with van der Waals surface area (Å²) in [6.45, 7) is 8.60. The third kappa shape index (κ3) is 3.65. The van der Waals surface area contributed by atoms with Crippen LogP contribution >= 0.6 is 0 Å². The van der Waals surface area contributed by atoms with Crippen molar-refractivity contribution in [2.45, 2.75) is 33.0 Å². The molecule has 2 heteroatoms. The monoisotopic (exact) mass is 220 g/mol. The van der Waals surface area contributed by atoms with Gasteiger partial charge < -0.3 is 4.43 Å². The van der Waals surface area contributed by atoms with E-state index in [0.717, 1.165) is 0 Å². The summed E-state index contributed by atoms with van der Waals surface area (Å²) in [5.74, 6) is 0.